The maximum Gasteiger partial charge on any atom is 0.230 e. The summed E-state index contributed by atoms with van der Waals surface area (Å²) in [6.45, 7) is 10.5. The molecule has 0 saturated carbocycles. The monoisotopic (exact) mass is 350 g/mol. The third kappa shape index (κ3) is 4.02. The number of nitrogens with zero attached hydrogens (tertiary/aromatic N) is 2. The topological polar surface area (TPSA) is 23.6 Å². The Morgan fingerprint density at radius 3 is 2.56 bits per heavy atom. The van der Waals surface area contributed by atoms with Crippen LogP contribution in [0, 0.1) is 22.5 Å². The van der Waals surface area contributed by atoms with E-state index in [0.29, 0.717) is 18.7 Å². The van der Waals surface area contributed by atoms with Crippen molar-refractivity contribution in [2.24, 2.45) is 10.8 Å². The van der Waals surface area contributed by atoms with Gasteiger partial charge in [0.15, 0.2) is 11.6 Å². The number of carbonyl (C=O) groups is 1. The Morgan fingerprint density at radius 1 is 1.12 bits per heavy atom. The van der Waals surface area contributed by atoms with Gasteiger partial charge in [0, 0.05) is 26.2 Å². The van der Waals surface area contributed by atoms with Crippen LogP contribution in [0.5, 0.6) is 0 Å². The van der Waals surface area contributed by atoms with Gasteiger partial charge in [0.1, 0.15) is 0 Å². The summed E-state index contributed by atoms with van der Waals surface area (Å²) in [4.78, 5) is 17.4. The van der Waals surface area contributed by atoms with Crippen LogP contribution >= 0.6 is 0 Å². The van der Waals surface area contributed by atoms with E-state index in [0.717, 1.165) is 45.0 Å². The molecule has 1 amide bonds. The molecule has 25 heavy (non-hydrogen) atoms. The van der Waals surface area contributed by atoms with Gasteiger partial charge in [-0.25, -0.2) is 8.78 Å². The van der Waals surface area contributed by atoms with Crippen LogP contribution in [-0.4, -0.2) is 41.9 Å². The van der Waals surface area contributed by atoms with Crippen molar-refractivity contribution in [1.82, 2.24) is 9.80 Å². The smallest absolute Gasteiger partial charge is 0.230 e. The maximum absolute atomic E-state index is 13.4. The largest absolute Gasteiger partial charge is 0.338 e. The summed E-state index contributed by atoms with van der Waals surface area (Å²) in [5.74, 6) is -1.52. The Morgan fingerprint density at radius 2 is 1.88 bits per heavy atom. The molecule has 0 radical (unpaired) electrons. The van der Waals surface area contributed by atoms with E-state index in [1.165, 1.54) is 6.07 Å². The minimum atomic E-state index is -0.853. The van der Waals surface area contributed by atoms with E-state index in [1.807, 2.05) is 4.90 Å². The first kappa shape index (κ1) is 18.3. The van der Waals surface area contributed by atoms with Crippen molar-refractivity contribution in [2.75, 3.05) is 26.2 Å². The minimum absolute atomic E-state index is 0.180. The first-order valence-electron chi connectivity index (χ1n) is 9.14. The van der Waals surface area contributed by atoms with Crippen molar-refractivity contribution >= 4 is 5.91 Å². The lowest BCUT2D eigenvalue weighted by Gasteiger charge is -2.40. The molecule has 1 aromatic carbocycles. The number of piperidine rings is 1. The zero-order chi connectivity index (χ0) is 18.2. The highest BCUT2D eigenvalue weighted by Crippen LogP contribution is 2.41. The quantitative estimate of drug-likeness (QED) is 0.827. The van der Waals surface area contributed by atoms with E-state index in [-0.39, 0.29) is 16.7 Å². The molecule has 5 heteroatoms. The first-order valence-corrected chi connectivity index (χ1v) is 9.14. The Balaban J connectivity index is 1.70. The number of rotatable bonds is 3. The summed E-state index contributed by atoms with van der Waals surface area (Å²) in [7, 11) is 0. The predicted molar refractivity (Wildman–Crippen MR) is 94.0 cm³/mol. The van der Waals surface area contributed by atoms with Crippen LogP contribution in [-0.2, 0) is 11.3 Å². The zero-order valence-electron chi connectivity index (χ0n) is 15.4. The summed E-state index contributed by atoms with van der Waals surface area (Å²) >= 11 is 0. The Kier molecular flexibility index (Phi) is 4.89. The molecule has 2 aliphatic heterocycles. The first-order chi connectivity index (χ1) is 11.7. The fourth-order valence-corrected chi connectivity index (χ4v) is 4.30. The van der Waals surface area contributed by atoms with Crippen molar-refractivity contribution in [1.29, 1.82) is 0 Å². The van der Waals surface area contributed by atoms with Gasteiger partial charge in [-0.2, -0.15) is 0 Å². The summed E-state index contributed by atoms with van der Waals surface area (Å²) in [6.07, 6.45) is 2.80. The lowest BCUT2D eigenvalue weighted by molar-refractivity contribution is -0.146. The van der Waals surface area contributed by atoms with E-state index in [9.17, 15) is 13.6 Å². The van der Waals surface area contributed by atoms with Crippen molar-refractivity contribution in [3.05, 3.63) is 35.4 Å². The number of benzene rings is 1. The molecular formula is C20H28F2N2O. The third-order valence-corrected chi connectivity index (χ3v) is 5.31. The molecule has 138 valence electrons. The SMILES string of the molecule is CC(C)(C)CN1CCC2(CCCN(Cc3ccc(F)c(F)c3)C2=O)C1. The standard InChI is InChI=1S/C20H28F2N2O/c1-19(2,3)13-23-10-8-20(14-23)7-4-9-24(18(20)25)12-15-5-6-16(21)17(22)11-15/h5-6,11H,4,7-10,12-14H2,1-3H3. The maximum atomic E-state index is 13.4. The predicted octanol–water partition coefficient (Wildman–Crippen LogP) is 3.83. The molecule has 2 aliphatic rings. The summed E-state index contributed by atoms with van der Waals surface area (Å²) in [5.41, 5.74) is 0.574. The highest BCUT2D eigenvalue weighted by molar-refractivity contribution is 5.84. The fourth-order valence-electron chi connectivity index (χ4n) is 4.30. The van der Waals surface area contributed by atoms with E-state index in [2.05, 4.69) is 25.7 Å². The second-order valence-electron chi connectivity index (χ2n) is 8.88. The van der Waals surface area contributed by atoms with Gasteiger partial charge in [-0.05, 0) is 48.9 Å². The third-order valence-electron chi connectivity index (χ3n) is 5.31. The fraction of sp³-hybridized carbons (Fsp3) is 0.650. The lowest BCUT2D eigenvalue weighted by atomic mass is 9.78. The summed E-state index contributed by atoms with van der Waals surface area (Å²) in [6, 6.07) is 3.90. The molecule has 2 heterocycles. The van der Waals surface area contributed by atoms with Crippen LogP contribution in [0.25, 0.3) is 0 Å². The van der Waals surface area contributed by atoms with E-state index in [1.54, 1.807) is 6.07 Å². The van der Waals surface area contributed by atoms with Gasteiger partial charge in [-0.15, -0.1) is 0 Å². The Bertz CT molecular complexity index is 656. The number of hydrogen-bond acceptors (Lipinski definition) is 2. The molecule has 0 aliphatic carbocycles. The second-order valence-corrected chi connectivity index (χ2v) is 8.88. The second kappa shape index (κ2) is 6.67. The molecule has 1 atom stereocenters. The van der Waals surface area contributed by atoms with E-state index >= 15 is 0 Å². The van der Waals surface area contributed by atoms with Crippen molar-refractivity contribution in [3.63, 3.8) is 0 Å². The van der Waals surface area contributed by atoms with Crippen LogP contribution in [0.15, 0.2) is 18.2 Å². The molecule has 3 rings (SSSR count). The normalized spacial score (nSPS) is 25.2. The molecule has 1 aromatic rings. The van der Waals surface area contributed by atoms with Gasteiger partial charge in [0.25, 0.3) is 0 Å². The average Bonchev–Trinajstić information content (AvgIpc) is 2.90. The highest BCUT2D eigenvalue weighted by Gasteiger charge is 2.48. The number of likely N-dealkylation sites (tertiary alicyclic amines) is 2. The molecule has 0 N–H and O–H groups in total. The molecule has 1 spiro atoms. The van der Waals surface area contributed by atoms with Gasteiger partial charge < -0.3 is 9.80 Å². The molecule has 0 bridgehead atoms. The number of amides is 1. The van der Waals surface area contributed by atoms with Gasteiger partial charge >= 0.3 is 0 Å². The Hall–Kier alpha value is -1.49. The zero-order valence-corrected chi connectivity index (χ0v) is 15.4. The van der Waals surface area contributed by atoms with E-state index < -0.39 is 11.6 Å². The molecule has 3 nitrogen and oxygen atoms in total. The van der Waals surface area contributed by atoms with Crippen LogP contribution < -0.4 is 0 Å². The number of hydrogen-bond donors (Lipinski definition) is 0. The van der Waals surface area contributed by atoms with Crippen LogP contribution in [0.3, 0.4) is 0 Å². The minimum Gasteiger partial charge on any atom is -0.338 e. The summed E-state index contributed by atoms with van der Waals surface area (Å²) in [5, 5.41) is 0. The van der Waals surface area contributed by atoms with Crippen LogP contribution in [0.4, 0.5) is 8.78 Å². The molecule has 2 saturated heterocycles. The van der Waals surface area contributed by atoms with Gasteiger partial charge in [-0.1, -0.05) is 26.8 Å². The summed E-state index contributed by atoms with van der Waals surface area (Å²) < 4.78 is 26.6. The van der Waals surface area contributed by atoms with Crippen LogP contribution in [0.2, 0.25) is 0 Å². The highest BCUT2D eigenvalue weighted by atomic mass is 19.2. The van der Waals surface area contributed by atoms with Crippen molar-refractivity contribution in [3.8, 4) is 0 Å². The van der Waals surface area contributed by atoms with Crippen LogP contribution in [0.1, 0.15) is 45.6 Å². The molecule has 2 fully saturated rings. The van der Waals surface area contributed by atoms with Crippen molar-refractivity contribution in [2.45, 2.75) is 46.6 Å². The molecule has 0 aromatic heterocycles. The number of halogens is 2. The van der Waals surface area contributed by atoms with Gasteiger partial charge in [0.2, 0.25) is 5.91 Å². The van der Waals surface area contributed by atoms with Gasteiger partial charge in [0.05, 0.1) is 5.41 Å². The number of carbonyl (C=O) groups excluding carboxylic acids is 1. The average molecular weight is 350 g/mol. The lowest BCUT2D eigenvalue weighted by Crippen LogP contribution is -2.50. The van der Waals surface area contributed by atoms with E-state index in [4.69, 9.17) is 0 Å². The molecule has 1 unspecified atom stereocenters. The molecular weight excluding hydrogens is 322 g/mol. The Labute approximate surface area is 149 Å². The van der Waals surface area contributed by atoms with Gasteiger partial charge in [-0.3, -0.25) is 4.79 Å². The van der Waals surface area contributed by atoms with Crippen molar-refractivity contribution < 1.29 is 13.6 Å².